The van der Waals surface area contributed by atoms with Crippen LogP contribution in [0.4, 0.5) is 0 Å². The first kappa shape index (κ1) is 18.0. The zero-order chi connectivity index (χ0) is 14.0. The lowest BCUT2D eigenvalue weighted by molar-refractivity contribution is -0.0961. The number of rotatable bonds is 8. The summed E-state index contributed by atoms with van der Waals surface area (Å²) >= 11 is 0. The van der Waals surface area contributed by atoms with Gasteiger partial charge in [-0.05, 0) is 39.4 Å². The van der Waals surface area contributed by atoms with Crippen LogP contribution in [0.5, 0.6) is 0 Å². The van der Waals surface area contributed by atoms with Crippen LogP contribution >= 0.6 is 0 Å². The first-order valence-corrected chi connectivity index (χ1v) is 9.52. The molecule has 0 aliphatic carbocycles. The van der Waals surface area contributed by atoms with Crippen LogP contribution < -0.4 is 5.73 Å². The van der Waals surface area contributed by atoms with Crippen LogP contribution in [-0.4, -0.2) is 51.5 Å². The Balaban J connectivity index is 0.000000631. The van der Waals surface area contributed by atoms with Gasteiger partial charge in [-0.3, -0.25) is 0 Å². The van der Waals surface area contributed by atoms with Gasteiger partial charge in [0.1, 0.15) is 0 Å². The lowest BCUT2D eigenvalue weighted by Gasteiger charge is -2.29. The summed E-state index contributed by atoms with van der Waals surface area (Å²) in [5.74, 6) is -0.415. The maximum atomic E-state index is 10.3. The van der Waals surface area contributed by atoms with Gasteiger partial charge in [0.15, 0.2) is 5.91 Å². The smallest absolute Gasteiger partial charge is 0.249 e. The summed E-state index contributed by atoms with van der Waals surface area (Å²) in [5.41, 5.74) is 5.03. The van der Waals surface area contributed by atoms with Gasteiger partial charge in [-0.25, -0.2) is 0 Å². The van der Waals surface area contributed by atoms with Gasteiger partial charge < -0.3 is 24.7 Å². The standard InChI is InChI=1S/C9H20O4Si.C3H9N/c1-4-11-9(12-5-2)14(3,10)7-8-6-13-8;1-2-3-4/h8-10H,4-7H2,1-3H3;2-4H2,1H3. The second-order valence-corrected chi connectivity index (χ2v) is 8.14. The molecular formula is C12H29NO4Si. The Morgan fingerprint density at radius 1 is 1.33 bits per heavy atom. The van der Waals surface area contributed by atoms with Gasteiger partial charge in [-0.2, -0.15) is 0 Å². The molecule has 0 amide bonds. The monoisotopic (exact) mass is 279 g/mol. The second kappa shape index (κ2) is 9.88. The van der Waals surface area contributed by atoms with E-state index in [0.29, 0.717) is 19.3 Å². The molecule has 1 saturated heterocycles. The summed E-state index contributed by atoms with van der Waals surface area (Å²) in [7, 11) is -2.44. The van der Waals surface area contributed by atoms with E-state index >= 15 is 0 Å². The van der Waals surface area contributed by atoms with Gasteiger partial charge in [0, 0.05) is 13.2 Å². The van der Waals surface area contributed by atoms with Crippen molar-refractivity contribution in [1.29, 1.82) is 0 Å². The highest BCUT2D eigenvalue weighted by Crippen LogP contribution is 2.25. The molecule has 0 radical (unpaired) electrons. The quantitative estimate of drug-likeness (QED) is 0.397. The van der Waals surface area contributed by atoms with Gasteiger partial charge in [0.2, 0.25) is 8.32 Å². The highest BCUT2D eigenvalue weighted by atomic mass is 28.4. The van der Waals surface area contributed by atoms with E-state index in [0.717, 1.165) is 19.6 Å². The van der Waals surface area contributed by atoms with E-state index in [1.807, 2.05) is 20.4 Å². The second-order valence-electron chi connectivity index (χ2n) is 4.55. The average Bonchev–Trinajstić information content (AvgIpc) is 3.12. The SMILES string of the molecule is CCCN.CCOC(OCC)[Si](C)(O)CC1CO1. The van der Waals surface area contributed by atoms with Crippen LogP contribution in [0.1, 0.15) is 27.2 Å². The predicted octanol–water partition coefficient (Wildman–Crippen LogP) is 1.25. The molecule has 1 rings (SSSR count). The first-order chi connectivity index (χ1) is 8.51. The molecule has 110 valence electrons. The van der Waals surface area contributed by atoms with E-state index in [4.69, 9.17) is 19.9 Å². The Morgan fingerprint density at radius 2 is 1.78 bits per heavy atom. The van der Waals surface area contributed by atoms with Crippen molar-refractivity contribution >= 4 is 8.32 Å². The number of ether oxygens (including phenoxy) is 3. The molecule has 5 nitrogen and oxygen atoms in total. The first-order valence-electron chi connectivity index (χ1n) is 6.79. The minimum Gasteiger partial charge on any atom is -0.427 e. The third-order valence-electron chi connectivity index (χ3n) is 2.48. The van der Waals surface area contributed by atoms with Gasteiger partial charge in [-0.15, -0.1) is 0 Å². The summed E-state index contributed by atoms with van der Waals surface area (Å²) in [6, 6.07) is 0.706. The van der Waals surface area contributed by atoms with E-state index in [-0.39, 0.29) is 6.10 Å². The van der Waals surface area contributed by atoms with E-state index in [1.165, 1.54) is 0 Å². The van der Waals surface area contributed by atoms with Crippen LogP contribution in [0, 0.1) is 0 Å². The van der Waals surface area contributed by atoms with Crippen molar-refractivity contribution in [2.45, 2.75) is 51.8 Å². The fourth-order valence-electron chi connectivity index (χ4n) is 1.45. The molecule has 0 aromatic heterocycles. The minimum absolute atomic E-state index is 0.236. The number of hydrogen-bond donors (Lipinski definition) is 2. The van der Waals surface area contributed by atoms with Crippen molar-refractivity contribution in [2.24, 2.45) is 5.73 Å². The third-order valence-corrected chi connectivity index (χ3v) is 5.11. The molecule has 1 aliphatic rings. The fourth-order valence-corrected chi connectivity index (χ4v) is 3.85. The van der Waals surface area contributed by atoms with E-state index < -0.39 is 14.2 Å². The molecule has 1 heterocycles. The van der Waals surface area contributed by atoms with Crippen LogP contribution in [0.3, 0.4) is 0 Å². The molecule has 0 bridgehead atoms. The van der Waals surface area contributed by atoms with Crippen molar-refractivity contribution in [3.8, 4) is 0 Å². The lowest BCUT2D eigenvalue weighted by atomic mass is 10.5. The Bertz CT molecular complexity index is 193. The fraction of sp³-hybridized carbons (Fsp3) is 1.00. The maximum absolute atomic E-state index is 10.3. The summed E-state index contributed by atoms with van der Waals surface area (Å²) in [5, 5.41) is 0. The van der Waals surface area contributed by atoms with E-state index in [1.54, 1.807) is 0 Å². The Labute approximate surface area is 112 Å². The highest BCUT2D eigenvalue weighted by Gasteiger charge is 2.43. The molecule has 18 heavy (non-hydrogen) atoms. The Hall–Kier alpha value is 0.0169. The summed E-state index contributed by atoms with van der Waals surface area (Å²) in [6.45, 7) is 10.5. The molecule has 0 spiro atoms. The number of hydrogen-bond acceptors (Lipinski definition) is 5. The van der Waals surface area contributed by atoms with Crippen molar-refractivity contribution in [2.75, 3.05) is 26.4 Å². The highest BCUT2D eigenvalue weighted by molar-refractivity contribution is 6.72. The molecule has 1 aliphatic heterocycles. The van der Waals surface area contributed by atoms with Crippen LogP contribution in [-0.2, 0) is 14.2 Å². The largest absolute Gasteiger partial charge is 0.427 e. The van der Waals surface area contributed by atoms with Crippen LogP contribution in [0.2, 0.25) is 12.6 Å². The average molecular weight is 279 g/mol. The summed E-state index contributed by atoms with van der Waals surface area (Å²) < 4.78 is 15.9. The normalized spacial score (nSPS) is 21.2. The molecular weight excluding hydrogens is 250 g/mol. The molecule has 0 aromatic rings. The van der Waals surface area contributed by atoms with Crippen LogP contribution in [0.15, 0.2) is 0 Å². The van der Waals surface area contributed by atoms with Gasteiger partial charge >= 0.3 is 0 Å². The number of epoxide rings is 1. The van der Waals surface area contributed by atoms with Crippen molar-refractivity contribution in [1.82, 2.24) is 0 Å². The van der Waals surface area contributed by atoms with Crippen molar-refractivity contribution in [3.63, 3.8) is 0 Å². The molecule has 1 fully saturated rings. The molecule has 0 aromatic carbocycles. The predicted molar refractivity (Wildman–Crippen MR) is 74.8 cm³/mol. The van der Waals surface area contributed by atoms with Gasteiger partial charge in [0.25, 0.3) is 0 Å². The van der Waals surface area contributed by atoms with Crippen molar-refractivity contribution in [3.05, 3.63) is 0 Å². The van der Waals surface area contributed by atoms with E-state index in [9.17, 15) is 4.80 Å². The third kappa shape index (κ3) is 8.18. The molecule has 2 atom stereocenters. The van der Waals surface area contributed by atoms with Crippen molar-refractivity contribution < 1.29 is 19.0 Å². The number of nitrogens with two attached hydrogens (primary N) is 1. The topological polar surface area (TPSA) is 77.2 Å². The molecule has 3 N–H and O–H groups in total. The maximum Gasteiger partial charge on any atom is 0.249 e. The molecule has 2 unspecified atom stereocenters. The lowest BCUT2D eigenvalue weighted by Crippen LogP contribution is -2.49. The zero-order valence-electron chi connectivity index (χ0n) is 12.1. The zero-order valence-corrected chi connectivity index (χ0v) is 13.1. The molecule has 0 saturated carbocycles. The van der Waals surface area contributed by atoms with E-state index in [2.05, 4.69) is 6.92 Å². The Kier molecular flexibility index (Phi) is 9.89. The molecule has 6 heteroatoms. The van der Waals surface area contributed by atoms with Gasteiger partial charge in [-0.1, -0.05) is 6.92 Å². The summed E-state index contributed by atoms with van der Waals surface area (Å²) in [4.78, 5) is 10.3. The van der Waals surface area contributed by atoms with Crippen LogP contribution in [0.25, 0.3) is 0 Å². The van der Waals surface area contributed by atoms with Gasteiger partial charge in [0.05, 0.1) is 12.7 Å². The minimum atomic E-state index is -2.44. The summed E-state index contributed by atoms with van der Waals surface area (Å²) in [6.07, 6.45) is 1.33. The Morgan fingerprint density at radius 3 is 2.06 bits per heavy atom.